The number of halogens is 1. The van der Waals surface area contributed by atoms with E-state index >= 15 is 0 Å². The summed E-state index contributed by atoms with van der Waals surface area (Å²) < 4.78 is 12.2. The van der Waals surface area contributed by atoms with E-state index in [4.69, 9.17) is 0 Å². The molecule has 0 aliphatic carbocycles. The molecule has 8 heavy (non-hydrogen) atoms. The Labute approximate surface area is 49.0 Å². The number of hydrogen-bond donors (Lipinski definition) is 0. The molecule has 0 aliphatic heterocycles. The van der Waals surface area contributed by atoms with E-state index in [-0.39, 0.29) is 0 Å². The van der Waals surface area contributed by atoms with E-state index in [1.165, 1.54) is 4.90 Å². The van der Waals surface area contributed by atoms with Gasteiger partial charge >= 0.3 is 0 Å². The average molecular weight is 118 g/mol. The molecule has 0 aromatic heterocycles. The van der Waals surface area contributed by atoms with Crippen molar-refractivity contribution in [1.29, 1.82) is 0 Å². The lowest BCUT2D eigenvalue weighted by Gasteiger charge is -2.04. The fraction of sp³-hybridized carbons (Fsp3) is 0.800. The molecule has 2 nitrogen and oxygen atoms in total. The van der Waals surface area contributed by atoms with Crippen LogP contribution in [-0.2, 0) is 0 Å². The van der Waals surface area contributed by atoms with Crippen molar-refractivity contribution in [1.82, 2.24) is 4.90 Å². The molecule has 3 heteroatoms. The standard InChI is InChI=1S/C5H11FN2/c1-4-7-5(6)8(2)3/h4H2,1-3H3. The van der Waals surface area contributed by atoms with E-state index in [0.29, 0.717) is 6.54 Å². The first-order valence-corrected chi connectivity index (χ1v) is 2.55. The van der Waals surface area contributed by atoms with Gasteiger partial charge in [-0.3, -0.25) is 0 Å². The molecule has 0 N–H and O–H groups in total. The molecule has 0 unspecified atom stereocenters. The fourth-order valence-corrected chi connectivity index (χ4v) is 0.272. The second-order valence-corrected chi connectivity index (χ2v) is 1.64. The summed E-state index contributed by atoms with van der Waals surface area (Å²) in [6.07, 6.45) is -0.410. The van der Waals surface area contributed by atoms with Crippen molar-refractivity contribution in [3.63, 3.8) is 0 Å². The Bertz CT molecular complexity index is 88.4. The van der Waals surface area contributed by atoms with E-state index < -0.39 is 6.09 Å². The Balaban J connectivity index is 3.61. The van der Waals surface area contributed by atoms with Crippen LogP contribution in [0.1, 0.15) is 6.92 Å². The third-order valence-electron chi connectivity index (χ3n) is 0.658. The lowest BCUT2D eigenvalue weighted by atomic mass is 10.8. The first-order valence-electron chi connectivity index (χ1n) is 2.55. The Morgan fingerprint density at radius 3 is 2.25 bits per heavy atom. The summed E-state index contributed by atoms with van der Waals surface area (Å²) in [4.78, 5) is 4.84. The molecule has 0 bridgehead atoms. The molecule has 0 aliphatic rings. The second-order valence-electron chi connectivity index (χ2n) is 1.64. The smallest absolute Gasteiger partial charge is 0.279 e. The minimum absolute atomic E-state index is 0.410. The van der Waals surface area contributed by atoms with Crippen LogP contribution in [-0.4, -0.2) is 31.6 Å². The normalized spacial score (nSPS) is 11.8. The molecule has 0 atom stereocenters. The van der Waals surface area contributed by atoms with Gasteiger partial charge < -0.3 is 4.90 Å². The van der Waals surface area contributed by atoms with Crippen LogP contribution in [0, 0.1) is 0 Å². The summed E-state index contributed by atoms with van der Waals surface area (Å²) >= 11 is 0. The highest BCUT2D eigenvalue weighted by Crippen LogP contribution is 1.83. The number of nitrogens with zero attached hydrogens (tertiary/aromatic N) is 2. The van der Waals surface area contributed by atoms with Crippen LogP contribution in [0.2, 0.25) is 0 Å². The molecule has 0 fully saturated rings. The molecular weight excluding hydrogens is 107 g/mol. The third-order valence-corrected chi connectivity index (χ3v) is 0.658. The van der Waals surface area contributed by atoms with Gasteiger partial charge in [0.2, 0.25) is 0 Å². The maximum absolute atomic E-state index is 12.2. The Morgan fingerprint density at radius 1 is 1.62 bits per heavy atom. The van der Waals surface area contributed by atoms with Gasteiger partial charge in [-0.05, 0) is 6.92 Å². The molecule has 0 amide bonds. The highest BCUT2D eigenvalue weighted by atomic mass is 19.1. The SMILES string of the molecule is CCN=C(F)N(C)C. The van der Waals surface area contributed by atoms with Crippen LogP contribution < -0.4 is 0 Å². The molecule has 48 valence electrons. The number of aliphatic imine (C=N–C) groups is 1. The van der Waals surface area contributed by atoms with E-state index in [9.17, 15) is 4.39 Å². The zero-order valence-corrected chi connectivity index (χ0v) is 5.48. The molecule has 0 saturated carbocycles. The highest BCUT2D eigenvalue weighted by molar-refractivity contribution is 5.71. The predicted octanol–water partition coefficient (Wildman–Crippen LogP) is 0.893. The van der Waals surface area contributed by atoms with E-state index in [0.717, 1.165) is 0 Å². The maximum Gasteiger partial charge on any atom is 0.279 e. The highest BCUT2D eigenvalue weighted by Gasteiger charge is 1.93. The van der Waals surface area contributed by atoms with Gasteiger partial charge in [-0.25, -0.2) is 4.99 Å². The molecule has 0 radical (unpaired) electrons. The van der Waals surface area contributed by atoms with Gasteiger partial charge in [0.15, 0.2) is 0 Å². The number of hydrogen-bond acceptors (Lipinski definition) is 1. The van der Waals surface area contributed by atoms with Crippen LogP contribution in [0.25, 0.3) is 0 Å². The zero-order valence-electron chi connectivity index (χ0n) is 5.48. The quantitative estimate of drug-likeness (QED) is 0.283. The van der Waals surface area contributed by atoms with Gasteiger partial charge in [0, 0.05) is 20.6 Å². The summed E-state index contributed by atoms with van der Waals surface area (Å²) in [5.41, 5.74) is 0. The van der Waals surface area contributed by atoms with Crippen LogP contribution in [0.5, 0.6) is 0 Å². The number of amidine groups is 1. The molecular formula is C5H11FN2. The summed E-state index contributed by atoms with van der Waals surface area (Å²) in [5, 5.41) is 0. The average Bonchev–Trinajstić information content (AvgIpc) is 1.67. The maximum atomic E-state index is 12.2. The fourth-order valence-electron chi connectivity index (χ4n) is 0.272. The van der Waals surface area contributed by atoms with Gasteiger partial charge in [-0.15, -0.1) is 0 Å². The Hall–Kier alpha value is -0.600. The summed E-state index contributed by atoms with van der Waals surface area (Å²) in [6, 6.07) is 0. The Kier molecular flexibility index (Phi) is 3.15. The van der Waals surface area contributed by atoms with Gasteiger partial charge in [0.1, 0.15) is 0 Å². The van der Waals surface area contributed by atoms with Crippen LogP contribution in [0.4, 0.5) is 4.39 Å². The molecule has 0 heterocycles. The van der Waals surface area contributed by atoms with E-state index in [2.05, 4.69) is 4.99 Å². The first-order chi connectivity index (χ1) is 3.68. The van der Waals surface area contributed by atoms with Gasteiger partial charge in [0.25, 0.3) is 6.09 Å². The summed E-state index contributed by atoms with van der Waals surface area (Å²) in [6.45, 7) is 2.30. The topological polar surface area (TPSA) is 15.6 Å². The van der Waals surface area contributed by atoms with Crippen molar-refractivity contribution >= 4 is 6.09 Å². The van der Waals surface area contributed by atoms with Crippen LogP contribution >= 0.6 is 0 Å². The molecule has 0 aromatic rings. The van der Waals surface area contributed by atoms with Gasteiger partial charge in [-0.1, -0.05) is 0 Å². The monoisotopic (exact) mass is 118 g/mol. The zero-order chi connectivity index (χ0) is 6.57. The first kappa shape index (κ1) is 7.40. The lowest BCUT2D eigenvalue weighted by molar-refractivity contribution is 0.525. The molecule has 0 aromatic carbocycles. The van der Waals surface area contributed by atoms with Crippen molar-refractivity contribution < 1.29 is 4.39 Å². The number of rotatable bonds is 1. The van der Waals surface area contributed by atoms with Crippen molar-refractivity contribution in [2.24, 2.45) is 4.99 Å². The van der Waals surface area contributed by atoms with Crippen molar-refractivity contribution in [3.8, 4) is 0 Å². The lowest BCUT2D eigenvalue weighted by Crippen LogP contribution is -2.17. The van der Waals surface area contributed by atoms with E-state index in [1.54, 1.807) is 21.0 Å². The van der Waals surface area contributed by atoms with Gasteiger partial charge in [0.05, 0.1) is 0 Å². The predicted molar refractivity (Wildman–Crippen MR) is 32.8 cm³/mol. The molecule has 0 rings (SSSR count). The largest absolute Gasteiger partial charge is 0.339 e. The van der Waals surface area contributed by atoms with Crippen molar-refractivity contribution in [3.05, 3.63) is 0 Å². The summed E-state index contributed by atoms with van der Waals surface area (Å²) in [7, 11) is 3.24. The van der Waals surface area contributed by atoms with Crippen LogP contribution in [0.15, 0.2) is 4.99 Å². The molecule has 0 spiro atoms. The van der Waals surface area contributed by atoms with Crippen molar-refractivity contribution in [2.45, 2.75) is 6.92 Å². The third kappa shape index (κ3) is 2.55. The van der Waals surface area contributed by atoms with Crippen molar-refractivity contribution in [2.75, 3.05) is 20.6 Å². The summed E-state index contributed by atoms with van der Waals surface area (Å²) in [5.74, 6) is 0. The van der Waals surface area contributed by atoms with E-state index in [1.807, 2.05) is 0 Å². The Morgan fingerprint density at radius 2 is 2.12 bits per heavy atom. The van der Waals surface area contributed by atoms with Gasteiger partial charge in [-0.2, -0.15) is 4.39 Å². The minimum atomic E-state index is -0.410. The minimum Gasteiger partial charge on any atom is -0.339 e. The van der Waals surface area contributed by atoms with Crippen LogP contribution in [0.3, 0.4) is 0 Å². The second kappa shape index (κ2) is 3.41. The molecule has 0 saturated heterocycles.